The second-order valence-corrected chi connectivity index (χ2v) is 7.14. The lowest BCUT2D eigenvalue weighted by molar-refractivity contribution is -0.128. The highest BCUT2D eigenvalue weighted by Crippen LogP contribution is 2.22. The molecule has 0 saturated carbocycles. The lowest BCUT2D eigenvalue weighted by atomic mass is 10.0. The van der Waals surface area contributed by atoms with Crippen LogP contribution in [0.25, 0.3) is 6.08 Å². The highest BCUT2D eigenvalue weighted by Gasteiger charge is 2.23. The number of aromatic nitrogens is 1. The number of hydrogen-bond donors (Lipinski definition) is 1. The quantitative estimate of drug-likeness (QED) is 0.832. The molecule has 1 atom stereocenters. The largest absolute Gasteiger partial charge is 0.489 e. The molecule has 3 heterocycles. The van der Waals surface area contributed by atoms with Crippen LogP contribution in [0.5, 0.6) is 5.75 Å². The number of fused-ring (bicyclic) bond motifs is 1. The number of carbonyl (C=O) groups is 2. The van der Waals surface area contributed by atoms with Crippen molar-refractivity contribution in [2.45, 2.75) is 31.8 Å². The van der Waals surface area contributed by atoms with Gasteiger partial charge in [0.15, 0.2) is 0 Å². The van der Waals surface area contributed by atoms with E-state index in [9.17, 15) is 9.59 Å². The van der Waals surface area contributed by atoms with Gasteiger partial charge in [-0.1, -0.05) is 18.2 Å². The van der Waals surface area contributed by atoms with E-state index < -0.39 is 0 Å². The van der Waals surface area contributed by atoms with E-state index in [4.69, 9.17) is 4.74 Å². The molecule has 1 saturated heterocycles. The van der Waals surface area contributed by atoms with Gasteiger partial charge in [-0.15, -0.1) is 0 Å². The summed E-state index contributed by atoms with van der Waals surface area (Å²) < 4.78 is 6.01. The van der Waals surface area contributed by atoms with Gasteiger partial charge in [-0.3, -0.25) is 9.59 Å². The summed E-state index contributed by atoms with van der Waals surface area (Å²) in [7, 11) is 0. The van der Waals surface area contributed by atoms with Crippen LogP contribution in [-0.4, -0.2) is 40.9 Å². The summed E-state index contributed by atoms with van der Waals surface area (Å²) >= 11 is 0. The number of nitrogens with zero attached hydrogens (tertiary/aromatic N) is 2. The standard InChI is InChI=1S/C22H23N3O3/c26-20-10-9-17-13-16(14-23-22(17)24-20)8-11-21(27)25-12-4-7-19(15-25)28-18-5-2-1-3-6-18/h1-3,5-6,8,11,13-14,19H,4,7,9-10,12,15H2,(H,23,24,26)/b11-8+. The maximum absolute atomic E-state index is 12.6. The number of hydrogen-bond acceptors (Lipinski definition) is 4. The first-order valence-electron chi connectivity index (χ1n) is 9.65. The molecule has 28 heavy (non-hydrogen) atoms. The number of aryl methyl sites for hydroxylation is 1. The molecule has 1 aromatic carbocycles. The van der Waals surface area contributed by atoms with Crippen molar-refractivity contribution < 1.29 is 14.3 Å². The minimum absolute atomic E-state index is 0.00385. The fourth-order valence-electron chi connectivity index (χ4n) is 3.56. The van der Waals surface area contributed by atoms with E-state index in [1.807, 2.05) is 41.3 Å². The van der Waals surface area contributed by atoms with Gasteiger partial charge in [-0.25, -0.2) is 4.98 Å². The van der Waals surface area contributed by atoms with E-state index in [0.717, 1.165) is 36.3 Å². The first-order chi connectivity index (χ1) is 13.7. The molecule has 0 aliphatic carbocycles. The topological polar surface area (TPSA) is 71.5 Å². The summed E-state index contributed by atoms with van der Waals surface area (Å²) in [4.78, 5) is 30.1. The molecule has 2 amide bonds. The van der Waals surface area contributed by atoms with Crippen molar-refractivity contribution in [3.63, 3.8) is 0 Å². The lowest BCUT2D eigenvalue weighted by Gasteiger charge is -2.32. The van der Waals surface area contributed by atoms with Gasteiger partial charge in [0, 0.05) is 25.2 Å². The molecule has 0 spiro atoms. The summed E-state index contributed by atoms with van der Waals surface area (Å²) in [5, 5.41) is 2.77. The number of piperidine rings is 1. The Morgan fingerprint density at radius 2 is 2.11 bits per heavy atom. The molecular formula is C22H23N3O3. The van der Waals surface area contributed by atoms with E-state index in [0.29, 0.717) is 25.2 Å². The van der Waals surface area contributed by atoms with Gasteiger partial charge in [0.1, 0.15) is 17.7 Å². The van der Waals surface area contributed by atoms with Gasteiger partial charge in [-0.2, -0.15) is 0 Å². The van der Waals surface area contributed by atoms with E-state index in [1.165, 1.54) is 0 Å². The second-order valence-electron chi connectivity index (χ2n) is 7.14. The molecular weight excluding hydrogens is 354 g/mol. The van der Waals surface area contributed by atoms with Crippen LogP contribution in [0.3, 0.4) is 0 Å². The molecule has 0 bridgehead atoms. The minimum Gasteiger partial charge on any atom is -0.489 e. The highest BCUT2D eigenvalue weighted by atomic mass is 16.5. The SMILES string of the molecule is O=C1CCc2cc(/C=C/C(=O)N3CCCC(Oc4ccccc4)C3)cnc2N1. The Hall–Kier alpha value is -3.15. The number of ether oxygens (including phenoxy) is 1. The van der Waals surface area contributed by atoms with Crippen LogP contribution in [0.15, 0.2) is 48.7 Å². The number of rotatable bonds is 4. The van der Waals surface area contributed by atoms with Gasteiger partial charge in [-0.05, 0) is 54.7 Å². The van der Waals surface area contributed by atoms with Crippen molar-refractivity contribution in [2.24, 2.45) is 0 Å². The molecule has 4 rings (SSSR count). The van der Waals surface area contributed by atoms with E-state index in [1.54, 1.807) is 18.3 Å². The Labute approximate surface area is 164 Å². The normalized spacial score (nSPS) is 19.2. The van der Waals surface area contributed by atoms with Gasteiger partial charge in [0.25, 0.3) is 0 Å². The zero-order valence-electron chi connectivity index (χ0n) is 15.6. The summed E-state index contributed by atoms with van der Waals surface area (Å²) in [5.74, 6) is 1.43. The molecule has 2 aromatic rings. The number of anilines is 1. The lowest BCUT2D eigenvalue weighted by Crippen LogP contribution is -2.43. The molecule has 1 N–H and O–H groups in total. The predicted molar refractivity (Wildman–Crippen MR) is 107 cm³/mol. The Kier molecular flexibility index (Phi) is 5.37. The Morgan fingerprint density at radius 3 is 2.96 bits per heavy atom. The van der Waals surface area contributed by atoms with Crippen LogP contribution < -0.4 is 10.1 Å². The predicted octanol–water partition coefficient (Wildman–Crippen LogP) is 3.05. The molecule has 1 fully saturated rings. The van der Waals surface area contributed by atoms with Crippen LogP contribution >= 0.6 is 0 Å². The number of likely N-dealkylation sites (tertiary alicyclic amines) is 1. The smallest absolute Gasteiger partial charge is 0.246 e. The van der Waals surface area contributed by atoms with Crippen LogP contribution in [-0.2, 0) is 16.0 Å². The van der Waals surface area contributed by atoms with Crippen molar-refractivity contribution in [3.8, 4) is 5.75 Å². The van der Waals surface area contributed by atoms with Gasteiger partial charge in [0.05, 0.1) is 6.54 Å². The monoisotopic (exact) mass is 377 g/mol. The molecule has 6 nitrogen and oxygen atoms in total. The van der Waals surface area contributed by atoms with Crippen LogP contribution in [0.1, 0.15) is 30.4 Å². The van der Waals surface area contributed by atoms with E-state index in [2.05, 4.69) is 10.3 Å². The molecule has 2 aliphatic heterocycles. The zero-order chi connectivity index (χ0) is 19.3. The third-order valence-corrected chi connectivity index (χ3v) is 5.02. The number of carbonyl (C=O) groups excluding carboxylic acids is 2. The minimum atomic E-state index is -0.0209. The third kappa shape index (κ3) is 4.39. The van der Waals surface area contributed by atoms with Crippen molar-refractivity contribution >= 4 is 23.7 Å². The molecule has 1 aromatic heterocycles. The Bertz CT molecular complexity index is 895. The third-order valence-electron chi connectivity index (χ3n) is 5.02. The number of pyridine rings is 1. The fourth-order valence-corrected chi connectivity index (χ4v) is 3.56. The first kappa shape index (κ1) is 18.2. The molecule has 6 heteroatoms. The number of para-hydroxylation sites is 1. The Morgan fingerprint density at radius 1 is 1.25 bits per heavy atom. The highest BCUT2D eigenvalue weighted by molar-refractivity contribution is 5.93. The van der Waals surface area contributed by atoms with Crippen molar-refractivity contribution in [1.29, 1.82) is 0 Å². The maximum Gasteiger partial charge on any atom is 0.246 e. The molecule has 2 aliphatic rings. The summed E-state index contributed by atoms with van der Waals surface area (Å²) in [6.45, 7) is 1.33. The molecule has 1 unspecified atom stereocenters. The average Bonchev–Trinajstić information content (AvgIpc) is 2.73. The van der Waals surface area contributed by atoms with E-state index in [-0.39, 0.29) is 17.9 Å². The first-order valence-corrected chi connectivity index (χ1v) is 9.65. The summed E-state index contributed by atoms with van der Waals surface area (Å²) in [5.41, 5.74) is 1.86. The van der Waals surface area contributed by atoms with Crippen LogP contribution in [0.2, 0.25) is 0 Å². The van der Waals surface area contributed by atoms with Gasteiger partial charge < -0.3 is 15.0 Å². The van der Waals surface area contributed by atoms with Crippen LogP contribution in [0.4, 0.5) is 5.82 Å². The van der Waals surface area contributed by atoms with Gasteiger partial charge >= 0.3 is 0 Å². The average molecular weight is 377 g/mol. The summed E-state index contributed by atoms with van der Waals surface area (Å²) in [6.07, 6.45) is 8.09. The Balaban J connectivity index is 1.37. The van der Waals surface area contributed by atoms with E-state index >= 15 is 0 Å². The summed E-state index contributed by atoms with van der Waals surface area (Å²) in [6, 6.07) is 11.7. The second kappa shape index (κ2) is 8.25. The fraction of sp³-hybridized carbons (Fsp3) is 0.318. The number of amides is 2. The molecule has 144 valence electrons. The zero-order valence-corrected chi connectivity index (χ0v) is 15.6. The van der Waals surface area contributed by atoms with Crippen molar-refractivity contribution in [2.75, 3.05) is 18.4 Å². The van der Waals surface area contributed by atoms with Gasteiger partial charge in [0.2, 0.25) is 11.8 Å². The maximum atomic E-state index is 12.6. The van der Waals surface area contributed by atoms with Crippen LogP contribution in [0, 0.1) is 0 Å². The molecule has 0 radical (unpaired) electrons. The van der Waals surface area contributed by atoms with Crippen molar-refractivity contribution in [1.82, 2.24) is 9.88 Å². The van der Waals surface area contributed by atoms with Crippen molar-refractivity contribution in [3.05, 3.63) is 59.8 Å². The number of nitrogens with one attached hydrogen (secondary N) is 1. The number of benzene rings is 1.